The maximum atomic E-state index is 12.5. The van der Waals surface area contributed by atoms with E-state index in [0.29, 0.717) is 16.4 Å². The zero-order chi connectivity index (χ0) is 24.1. The Hall–Kier alpha value is -4.22. The summed E-state index contributed by atoms with van der Waals surface area (Å²) >= 11 is 6.16. The summed E-state index contributed by atoms with van der Waals surface area (Å²) in [4.78, 5) is 25.7. The zero-order valence-electron chi connectivity index (χ0n) is 19.1. The molecule has 170 valence electrons. The fourth-order valence-electron chi connectivity index (χ4n) is 4.57. The Labute approximate surface area is 206 Å². The van der Waals surface area contributed by atoms with Crippen LogP contribution < -0.4 is 0 Å². The number of hydrogen-bond acceptors (Lipinski definition) is 4. The minimum absolute atomic E-state index is 0.235. The van der Waals surface area contributed by atoms with Crippen molar-refractivity contribution < 1.29 is 9.53 Å². The van der Waals surface area contributed by atoms with Gasteiger partial charge < -0.3 is 9.72 Å². The van der Waals surface area contributed by atoms with Gasteiger partial charge in [-0.2, -0.15) is 0 Å². The van der Waals surface area contributed by atoms with Crippen LogP contribution in [0.15, 0.2) is 78.9 Å². The summed E-state index contributed by atoms with van der Waals surface area (Å²) in [5, 5.41) is 3.61. The van der Waals surface area contributed by atoms with E-state index < -0.39 is 5.97 Å². The van der Waals surface area contributed by atoms with Crippen molar-refractivity contribution in [3.05, 3.63) is 95.1 Å². The molecule has 3 aromatic carbocycles. The number of benzene rings is 3. The number of carbonyl (C=O) groups is 1. The molecule has 1 N–H and O–H groups in total. The van der Waals surface area contributed by atoms with Crippen LogP contribution in [-0.2, 0) is 4.74 Å². The highest BCUT2D eigenvalue weighted by molar-refractivity contribution is 6.30. The van der Waals surface area contributed by atoms with E-state index in [4.69, 9.17) is 26.3 Å². The lowest BCUT2D eigenvalue weighted by atomic mass is 9.98. The van der Waals surface area contributed by atoms with E-state index in [2.05, 4.69) is 18.0 Å². The number of fused-ring (bicyclic) bond motifs is 4. The molecule has 0 saturated carbocycles. The lowest BCUT2D eigenvalue weighted by molar-refractivity contribution is 0.0594. The summed E-state index contributed by atoms with van der Waals surface area (Å²) in [7, 11) is 1.36. The fraction of sp³-hybridized carbons (Fsp3) is 0.0690. The van der Waals surface area contributed by atoms with Crippen LogP contribution in [-0.4, -0.2) is 28.0 Å². The first kappa shape index (κ1) is 21.3. The molecule has 0 fully saturated rings. The van der Waals surface area contributed by atoms with Gasteiger partial charge >= 0.3 is 5.97 Å². The van der Waals surface area contributed by atoms with Gasteiger partial charge in [-0.15, -0.1) is 0 Å². The average molecular weight is 478 g/mol. The summed E-state index contributed by atoms with van der Waals surface area (Å²) in [6.45, 7) is 2.06. The van der Waals surface area contributed by atoms with E-state index in [-0.39, 0.29) is 5.69 Å². The Morgan fingerprint density at radius 1 is 0.886 bits per heavy atom. The van der Waals surface area contributed by atoms with Crippen LogP contribution in [0.3, 0.4) is 0 Å². The minimum Gasteiger partial charge on any atom is -0.464 e. The second-order valence-corrected chi connectivity index (χ2v) is 8.96. The number of rotatable bonds is 3. The number of para-hydroxylation sites is 1. The molecule has 0 saturated heterocycles. The van der Waals surface area contributed by atoms with Crippen molar-refractivity contribution in [1.82, 2.24) is 15.0 Å². The predicted molar refractivity (Wildman–Crippen MR) is 141 cm³/mol. The van der Waals surface area contributed by atoms with E-state index in [1.54, 1.807) is 6.07 Å². The van der Waals surface area contributed by atoms with Crippen LogP contribution >= 0.6 is 11.6 Å². The van der Waals surface area contributed by atoms with Crippen molar-refractivity contribution in [2.75, 3.05) is 7.11 Å². The normalized spacial score (nSPS) is 11.4. The van der Waals surface area contributed by atoms with Crippen LogP contribution in [0.5, 0.6) is 0 Å². The third-order valence-corrected chi connectivity index (χ3v) is 6.50. The molecule has 5 nitrogen and oxygen atoms in total. The highest BCUT2D eigenvalue weighted by atomic mass is 35.5. The maximum Gasteiger partial charge on any atom is 0.356 e. The molecule has 6 aromatic rings. The van der Waals surface area contributed by atoms with Crippen molar-refractivity contribution in [1.29, 1.82) is 0 Å². The molecule has 0 aliphatic carbocycles. The maximum absolute atomic E-state index is 12.5. The van der Waals surface area contributed by atoms with Crippen molar-refractivity contribution >= 4 is 50.3 Å². The van der Waals surface area contributed by atoms with Gasteiger partial charge in [0.2, 0.25) is 0 Å². The van der Waals surface area contributed by atoms with Crippen LogP contribution in [0.1, 0.15) is 16.1 Å². The third kappa shape index (κ3) is 3.61. The molecule has 0 aliphatic rings. The average Bonchev–Trinajstić information content (AvgIpc) is 3.26. The van der Waals surface area contributed by atoms with Gasteiger partial charge in [0.05, 0.1) is 23.8 Å². The number of hydrogen-bond donors (Lipinski definition) is 1. The van der Waals surface area contributed by atoms with E-state index in [1.807, 2.05) is 66.7 Å². The molecule has 0 amide bonds. The standard InChI is InChI=1S/C29H20ClN3O2/c1-16-7-12-24-21(13-16)20(17-8-10-18(30)11-9-17)14-25(31-24)28-27-22(15-26(33-28)29(34)35-2)19-5-3-4-6-23(19)32-27/h3-15,32H,1-2H3. The summed E-state index contributed by atoms with van der Waals surface area (Å²) in [5.41, 5.74) is 7.29. The predicted octanol–water partition coefficient (Wildman–Crippen LogP) is 7.35. The molecule has 35 heavy (non-hydrogen) atoms. The molecule has 0 aliphatic heterocycles. The number of esters is 1. The third-order valence-electron chi connectivity index (χ3n) is 6.25. The van der Waals surface area contributed by atoms with Crippen LogP contribution in [0.25, 0.3) is 55.2 Å². The molecular formula is C29H20ClN3O2. The second-order valence-electron chi connectivity index (χ2n) is 8.52. The molecule has 3 heterocycles. The Morgan fingerprint density at radius 3 is 2.49 bits per heavy atom. The van der Waals surface area contributed by atoms with Crippen molar-refractivity contribution in [2.45, 2.75) is 6.92 Å². The molecule has 0 spiro atoms. The minimum atomic E-state index is -0.493. The second kappa shape index (κ2) is 8.22. The van der Waals surface area contributed by atoms with Gasteiger partial charge in [-0.25, -0.2) is 14.8 Å². The van der Waals surface area contributed by atoms with Gasteiger partial charge in [-0.3, -0.25) is 0 Å². The van der Waals surface area contributed by atoms with Crippen LogP contribution in [0.2, 0.25) is 5.02 Å². The van der Waals surface area contributed by atoms with Crippen molar-refractivity contribution in [2.24, 2.45) is 0 Å². The number of aromatic amines is 1. The lowest BCUT2D eigenvalue weighted by Gasteiger charge is -2.12. The molecule has 0 atom stereocenters. The van der Waals surface area contributed by atoms with Gasteiger partial charge in [0.1, 0.15) is 11.4 Å². The number of ether oxygens (including phenoxy) is 1. The SMILES string of the molecule is COC(=O)c1cc2c([nH]c3ccccc32)c(-c2cc(-c3ccc(Cl)cc3)c3cc(C)ccc3n2)n1. The Morgan fingerprint density at radius 2 is 1.69 bits per heavy atom. The Kier molecular flexibility index (Phi) is 5.01. The highest BCUT2D eigenvalue weighted by Gasteiger charge is 2.19. The van der Waals surface area contributed by atoms with E-state index >= 15 is 0 Å². The molecule has 0 unspecified atom stereocenters. The van der Waals surface area contributed by atoms with Gasteiger partial charge in [0.25, 0.3) is 0 Å². The molecule has 3 aromatic heterocycles. The van der Waals surface area contributed by atoms with E-state index in [1.165, 1.54) is 7.11 Å². The number of H-pyrrole nitrogens is 1. The number of nitrogens with one attached hydrogen (secondary N) is 1. The largest absolute Gasteiger partial charge is 0.464 e. The molecule has 6 heteroatoms. The zero-order valence-corrected chi connectivity index (χ0v) is 19.9. The number of carbonyl (C=O) groups excluding carboxylic acids is 1. The van der Waals surface area contributed by atoms with Crippen LogP contribution in [0.4, 0.5) is 0 Å². The lowest BCUT2D eigenvalue weighted by Crippen LogP contribution is -2.05. The topological polar surface area (TPSA) is 67.9 Å². The number of nitrogens with zero attached hydrogens (tertiary/aromatic N) is 2. The van der Waals surface area contributed by atoms with Crippen molar-refractivity contribution in [3.8, 4) is 22.5 Å². The van der Waals surface area contributed by atoms with Gasteiger partial charge in [0.15, 0.2) is 0 Å². The van der Waals surface area contributed by atoms with Crippen molar-refractivity contribution in [3.63, 3.8) is 0 Å². The molecule has 0 bridgehead atoms. The fourth-order valence-corrected chi connectivity index (χ4v) is 4.70. The first-order chi connectivity index (χ1) is 17.0. The van der Waals surface area contributed by atoms with E-state index in [0.717, 1.165) is 49.4 Å². The number of aryl methyl sites for hydroxylation is 1. The Balaban J connectivity index is 1.70. The summed E-state index contributed by atoms with van der Waals surface area (Å²) in [6, 6.07) is 25.7. The quantitative estimate of drug-likeness (QED) is 0.270. The summed E-state index contributed by atoms with van der Waals surface area (Å²) < 4.78 is 5.01. The first-order valence-corrected chi connectivity index (χ1v) is 11.6. The van der Waals surface area contributed by atoms with E-state index in [9.17, 15) is 4.79 Å². The molecule has 0 radical (unpaired) electrons. The highest BCUT2D eigenvalue weighted by Crippen LogP contribution is 2.36. The number of halogens is 1. The first-order valence-electron chi connectivity index (χ1n) is 11.2. The number of pyridine rings is 2. The molecule has 6 rings (SSSR count). The monoisotopic (exact) mass is 477 g/mol. The van der Waals surface area contributed by atoms with Gasteiger partial charge in [0, 0.05) is 26.7 Å². The summed E-state index contributed by atoms with van der Waals surface area (Å²) in [5.74, 6) is -0.493. The van der Waals surface area contributed by atoms with Crippen LogP contribution in [0, 0.1) is 6.92 Å². The smallest absolute Gasteiger partial charge is 0.356 e. The molecular weight excluding hydrogens is 458 g/mol. The number of aromatic nitrogens is 3. The number of methoxy groups -OCH3 is 1. The Bertz CT molecular complexity index is 1770. The van der Waals surface area contributed by atoms with Gasteiger partial charge in [-0.05, 0) is 60.5 Å². The van der Waals surface area contributed by atoms with Gasteiger partial charge in [-0.1, -0.05) is 53.6 Å². The summed E-state index contributed by atoms with van der Waals surface area (Å²) in [6.07, 6.45) is 0.